The van der Waals surface area contributed by atoms with E-state index >= 15 is 0 Å². The van der Waals surface area contributed by atoms with Gasteiger partial charge in [-0.25, -0.2) is 0 Å². The van der Waals surface area contributed by atoms with Gasteiger partial charge in [-0.1, -0.05) is 19.3 Å². The molecular formula is C19H25ClN2S. The van der Waals surface area contributed by atoms with Gasteiger partial charge in [-0.05, 0) is 56.2 Å². The third kappa shape index (κ3) is 2.32. The summed E-state index contributed by atoms with van der Waals surface area (Å²) in [4.78, 5) is 1.66. The summed E-state index contributed by atoms with van der Waals surface area (Å²) in [5.74, 6) is 0. The molecule has 0 saturated heterocycles. The van der Waals surface area contributed by atoms with E-state index in [1.54, 1.807) is 16.0 Å². The summed E-state index contributed by atoms with van der Waals surface area (Å²) < 4.78 is 2.53. The van der Waals surface area contributed by atoms with Crippen LogP contribution in [0.1, 0.15) is 66.6 Å². The van der Waals surface area contributed by atoms with Crippen molar-refractivity contribution >= 4 is 23.7 Å². The number of hydrogen-bond acceptors (Lipinski definition) is 2. The van der Waals surface area contributed by atoms with E-state index in [4.69, 9.17) is 0 Å². The van der Waals surface area contributed by atoms with Crippen molar-refractivity contribution in [2.24, 2.45) is 0 Å². The number of hydrogen-bond donors (Lipinski definition) is 1. The number of rotatable bonds is 0. The number of aromatic nitrogens is 1. The van der Waals surface area contributed by atoms with Crippen LogP contribution in [-0.4, -0.2) is 4.57 Å². The van der Waals surface area contributed by atoms with Crippen molar-refractivity contribution in [1.29, 1.82) is 0 Å². The van der Waals surface area contributed by atoms with E-state index in [2.05, 4.69) is 39.6 Å². The van der Waals surface area contributed by atoms with Crippen LogP contribution in [0.25, 0.3) is 5.00 Å². The van der Waals surface area contributed by atoms with Crippen molar-refractivity contribution in [3.05, 3.63) is 40.0 Å². The maximum Gasteiger partial charge on any atom is 0.104 e. The molecule has 1 saturated carbocycles. The first-order chi connectivity index (χ1) is 10.9. The summed E-state index contributed by atoms with van der Waals surface area (Å²) in [5, 5.41) is 5.53. The molecule has 2 aliphatic carbocycles. The van der Waals surface area contributed by atoms with Crippen LogP contribution in [0.3, 0.4) is 0 Å². The predicted molar refractivity (Wildman–Crippen MR) is 99.1 cm³/mol. The van der Waals surface area contributed by atoms with E-state index in [0.29, 0.717) is 0 Å². The second kappa shape index (κ2) is 5.94. The Morgan fingerprint density at radius 3 is 2.70 bits per heavy atom. The molecule has 23 heavy (non-hydrogen) atoms. The Morgan fingerprint density at radius 1 is 1.00 bits per heavy atom. The van der Waals surface area contributed by atoms with Crippen LogP contribution in [0, 0.1) is 0 Å². The van der Waals surface area contributed by atoms with Crippen LogP contribution in [0.15, 0.2) is 18.3 Å². The average molecular weight is 349 g/mol. The smallest absolute Gasteiger partial charge is 0.104 e. The fourth-order valence-electron chi connectivity index (χ4n) is 4.88. The van der Waals surface area contributed by atoms with Crippen LogP contribution in [-0.2, 0) is 24.9 Å². The van der Waals surface area contributed by atoms with E-state index in [1.165, 1.54) is 68.5 Å². The minimum Gasteiger partial charge on any atom is -0.310 e. The van der Waals surface area contributed by atoms with Crippen molar-refractivity contribution in [1.82, 2.24) is 9.88 Å². The highest BCUT2D eigenvalue weighted by atomic mass is 35.5. The van der Waals surface area contributed by atoms with E-state index in [9.17, 15) is 0 Å². The van der Waals surface area contributed by atoms with Crippen molar-refractivity contribution in [2.45, 2.75) is 69.9 Å². The molecule has 2 aromatic heterocycles. The molecule has 0 aromatic carbocycles. The van der Waals surface area contributed by atoms with Crippen LogP contribution >= 0.6 is 23.7 Å². The van der Waals surface area contributed by atoms with Crippen LogP contribution in [0.2, 0.25) is 0 Å². The molecular weight excluding hydrogens is 324 g/mol. The lowest BCUT2D eigenvalue weighted by atomic mass is 9.79. The molecule has 124 valence electrons. The SMILES string of the molecule is Cl.c1cc2n(c1)-c1sc3c(c1CNC21CCCCC1)CCCC3. The summed E-state index contributed by atoms with van der Waals surface area (Å²) in [6.45, 7) is 1.07. The third-order valence-corrected chi connectivity index (χ3v) is 7.36. The number of fused-ring (bicyclic) bond motifs is 6. The number of nitrogens with zero attached hydrogens (tertiary/aromatic N) is 1. The zero-order valence-electron chi connectivity index (χ0n) is 13.6. The van der Waals surface area contributed by atoms with Gasteiger partial charge in [0.25, 0.3) is 0 Å². The maximum atomic E-state index is 4.02. The second-order valence-corrected chi connectivity index (χ2v) is 8.34. The van der Waals surface area contributed by atoms with Gasteiger partial charge in [-0.2, -0.15) is 0 Å². The molecule has 0 unspecified atom stereocenters. The quantitative estimate of drug-likeness (QED) is 0.700. The molecule has 3 aliphatic rings. The van der Waals surface area contributed by atoms with Gasteiger partial charge in [-0.3, -0.25) is 0 Å². The van der Waals surface area contributed by atoms with E-state index in [0.717, 1.165) is 6.54 Å². The highest BCUT2D eigenvalue weighted by Crippen LogP contribution is 2.45. The maximum absolute atomic E-state index is 4.02. The lowest BCUT2D eigenvalue weighted by molar-refractivity contribution is 0.226. The highest BCUT2D eigenvalue weighted by molar-refractivity contribution is 7.15. The zero-order chi connectivity index (χ0) is 14.6. The number of halogens is 1. The number of thiophene rings is 1. The first-order valence-electron chi connectivity index (χ1n) is 8.94. The van der Waals surface area contributed by atoms with Crippen molar-refractivity contribution < 1.29 is 0 Å². The fraction of sp³-hybridized carbons (Fsp3) is 0.579. The zero-order valence-corrected chi connectivity index (χ0v) is 15.2. The van der Waals surface area contributed by atoms with Crippen LogP contribution < -0.4 is 5.32 Å². The van der Waals surface area contributed by atoms with Crippen molar-refractivity contribution in [3.63, 3.8) is 0 Å². The molecule has 2 nitrogen and oxygen atoms in total. The Labute approximate surface area is 148 Å². The molecule has 2 aromatic rings. The third-order valence-electron chi connectivity index (χ3n) is 6.03. The standard InChI is InChI=1S/C19H24N2S.ClH/c1-4-10-19(11-5-1)17-9-6-12-21(17)18-15(13-20-19)14-7-2-3-8-16(14)22-18;/h6,9,12,20H,1-5,7-8,10-11,13H2;1H. The van der Waals surface area contributed by atoms with E-state index in [1.807, 2.05) is 0 Å². The lowest BCUT2D eigenvalue weighted by Gasteiger charge is -2.38. The van der Waals surface area contributed by atoms with Crippen molar-refractivity contribution in [3.8, 4) is 5.00 Å². The minimum absolute atomic E-state index is 0. The largest absolute Gasteiger partial charge is 0.310 e. The predicted octanol–water partition coefficient (Wildman–Crippen LogP) is 5.10. The molecule has 1 fully saturated rings. The Kier molecular flexibility index (Phi) is 4.07. The lowest BCUT2D eigenvalue weighted by Crippen LogP contribution is -2.43. The summed E-state index contributed by atoms with van der Waals surface area (Å²) in [5.41, 5.74) is 5.04. The topological polar surface area (TPSA) is 17.0 Å². The van der Waals surface area contributed by atoms with Gasteiger partial charge in [0, 0.05) is 28.9 Å². The first kappa shape index (κ1) is 15.7. The Morgan fingerprint density at radius 2 is 1.83 bits per heavy atom. The summed E-state index contributed by atoms with van der Waals surface area (Å²) in [6, 6.07) is 4.62. The Hall–Kier alpha value is -0.770. The van der Waals surface area contributed by atoms with Gasteiger partial charge in [0.1, 0.15) is 5.00 Å². The average Bonchev–Trinajstić information content (AvgIpc) is 3.16. The Bertz CT molecular complexity index is 709. The first-order valence-corrected chi connectivity index (χ1v) is 9.76. The Balaban J connectivity index is 0.00000135. The normalized spacial score (nSPS) is 21.7. The van der Waals surface area contributed by atoms with Crippen LogP contribution in [0.5, 0.6) is 0 Å². The molecule has 1 aliphatic heterocycles. The summed E-state index contributed by atoms with van der Waals surface area (Å²) in [6.07, 6.45) is 14.4. The van der Waals surface area contributed by atoms with Gasteiger partial charge in [0.2, 0.25) is 0 Å². The molecule has 3 heterocycles. The molecule has 0 amide bonds. The minimum atomic E-state index is 0. The molecule has 0 radical (unpaired) electrons. The summed E-state index contributed by atoms with van der Waals surface area (Å²) >= 11 is 2.07. The van der Waals surface area contributed by atoms with Gasteiger partial charge in [0.15, 0.2) is 0 Å². The van der Waals surface area contributed by atoms with Crippen LogP contribution in [0.4, 0.5) is 0 Å². The summed E-state index contributed by atoms with van der Waals surface area (Å²) in [7, 11) is 0. The second-order valence-electron chi connectivity index (χ2n) is 7.25. The molecule has 4 heteroatoms. The van der Waals surface area contributed by atoms with E-state index in [-0.39, 0.29) is 17.9 Å². The molecule has 0 bridgehead atoms. The van der Waals surface area contributed by atoms with Crippen molar-refractivity contribution in [2.75, 3.05) is 0 Å². The van der Waals surface area contributed by atoms with Gasteiger partial charge >= 0.3 is 0 Å². The number of nitrogens with one attached hydrogen (secondary N) is 1. The highest BCUT2D eigenvalue weighted by Gasteiger charge is 2.39. The molecule has 1 N–H and O–H groups in total. The van der Waals surface area contributed by atoms with Gasteiger partial charge < -0.3 is 9.88 Å². The van der Waals surface area contributed by atoms with E-state index < -0.39 is 0 Å². The van der Waals surface area contributed by atoms with Gasteiger partial charge in [0.05, 0.1) is 5.54 Å². The van der Waals surface area contributed by atoms with Gasteiger partial charge in [-0.15, -0.1) is 23.7 Å². The monoisotopic (exact) mass is 348 g/mol. The molecule has 1 spiro atoms. The number of aryl methyl sites for hydroxylation is 1. The molecule has 0 atom stereocenters. The molecule has 5 rings (SSSR count). The fourth-order valence-corrected chi connectivity index (χ4v) is 6.28.